The van der Waals surface area contributed by atoms with E-state index in [1.165, 1.54) is 6.92 Å². The number of ketones is 2. The SMILES string of the molecule is CC(=O)N1CSCC1C(=O)Cc1cccc(C(=O)C2CCN(C)CC2)n1. The summed E-state index contributed by atoms with van der Waals surface area (Å²) in [6.45, 7) is 3.34. The van der Waals surface area contributed by atoms with Crippen LogP contribution in [0.4, 0.5) is 0 Å². The summed E-state index contributed by atoms with van der Waals surface area (Å²) in [6.07, 6.45) is 1.86. The first-order valence-corrected chi connectivity index (χ1v) is 10.2. The summed E-state index contributed by atoms with van der Waals surface area (Å²) in [7, 11) is 2.07. The predicted molar refractivity (Wildman–Crippen MR) is 101 cm³/mol. The van der Waals surface area contributed by atoms with Gasteiger partial charge in [0.1, 0.15) is 11.7 Å². The molecule has 0 radical (unpaired) electrons. The fourth-order valence-electron chi connectivity index (χ4n) is 3.51. The minimum atomic E-state index is -0.382. The number of hydrogen-bond acceptors (Lipinski definition) is 6. The molecule has 1 aromatic rings. The molecule has 2 fully saturated rings. The Kier molecular flexibility index (Phi) is 6.09. The standard InChI is InChI=1S/C19H25N3O3S/c1-13(23)22-12-26-11-17(22)18(24)10-15-4-3-5-16(20-15)19(25)14-6-8-21(2)9-7-14/h3-5,14,17H,6-12H2,1-2H3. The van der Waals surface area contributed by atoms with Gasteiger partial charge in [-0.1, -0.05) is 6.07 Å². The zero-order chi connectivity index (χ0) is 18.7. The van der Waals surface area contributed by atoms with Gasteiger partial charge in [-0.2, -0.15) is 0 Å². The number of Topliss-reactive ketones (excluding diaryl/α,β-unsaturated/α-hetero) is 2. The van der Waals surface area contributed by atoms with E-state index >= 15 is 0 Å². The van der Waals surface area contributed by atoms with Crippen LogP contribution in [0.2, 0.25) is 0 Å². The maximum absolute atomic E-state index is 12.7. The van der Waals surface area contributed by atoms with Crippen LogP contribution < -0.4 is 0 Å². The lowest BCUT2D eigenvalue weighted by molar-refractivity contribution is -0.135. The van der Waals surface area contributed by atoms with Crippen molar-refractivity contribution >= 4 is 29.2 Å². The second kappa shape index (κ2) is 8.31. The van der Waals surface area contributed by atoms with Crippen molar-refractivity contribution in [1.82, 2.24) is 14.8 Å². The molecule has 1 amide bonds. The normalized spacial score (nSPS) is 21.8. The minimum absolute atomic E-state index is 0.0124. The molecule has 1 atom stereocenters. The number of amides is 1. The van der Waals surface area contributed by atoms with Gasteiger partial charge in [-0.3, -0.25) is 14.4 Å². The summed E-state index contributed by atoms with van der Waals surface area (Å²) in [5.74, 6) is 1.20. The van der Waals surface area contributed by atoms with Gasteiger partial charge >= 0.3 is 0 Å². The molecule has 0 aliphatic carbocycles. The van der Waals surface area contributed by atoms with Crippen LogP contribution in [0, 0.1) is 5.92 Å². The Balaban J connectivity index is 1.66. The summed E-state index contributed by atoms with van der Waals surface area (Å²) in [5.41, 5.74) is 1.06. The highest BCUT2D eigenvalue weighted by Gasteiger charge is 2.33. The quantitative estimate of drug-likeness (QED) is 0.729. The maximum Gasteiger partial charge on any atom is 0.220 e. The van der Waals surface area contributed by atoms with E-state index in [0.29, 0.717) is 23.0 Å². The smallest absolute Gasteiger partial charge is 0.220 e. The van der Waals surface area contributed by atoms with Crippen molar-refractivity contribution in [3.8, 4) is 0 Å². The molecule has 140 valence electrons. The van der Waals surface area contributed by atoms with Crippen LogP contribution in [0.15, 0.2) is 18.2 Å². The van der Waals surface area contributed by atoms with Crippen LogP contribution in [0.1, 0.15) is 35.9 Å². The van der Waals surface area contributed by atoms with Crippen LogP contribution in [-0.4, -0.2) is 70.1 Å². The average Bonchev–Trinajstić information content (AvgIpc) is 3.12. The monoisotopic (exact) mass is 375 g/mol. The Hall–Kier alpha value is -1.73. The second-order valence-corrected chi connectivity index (χ2v) is 8.10. The molecule has 2 aliphatic rings. The number of aromatic nitrogens is 1. The van der Waals surface area contributed by atoms with Gasteiger partial charge in [0.25, 0.3) is 0 Å². The summed E-state index contributed by atoms with van der Waals surface area (Å²) in [4.78, 5) is 45.3. The number of thioether (sulfide) groups is 1. The number of pyridine rings is 1. The Bertz CT molecular complexity index is 701. The number of hydrogen-bond donors (Lipinski definition) is 0. The van der Waals surface area contributed by atoms with E-state index in [-0.39, 0.29) is 35.9 Å². The van der Waals surface area contributed by atoms with Crippen LogP contribution >= 0.6 is 11.8 Å². The lowest BCUT2D eigenvalue weighted by atomic mass is 9.91. The van der Waals surface area contributed by atoms with Crippen molar-refractivity contribution in [1.29, 1.82) is 0 Å². The number of piperidine rings is 1. The first-order chi connectivity index (χ1) is 12.5. The van der Waals surface area contributed by atoms with Crippen LogP contribution in [0.5, 0.6) is 0 Å². The summed E-state index contributed by atoms with van der Waals surface area (Å²) in [5, 5.41) is 0. The lowest BCUT2D eigenvalue weighted by Gasteiger charge is -2.27. The van der Waals surface area contributed by atoms with Gasteiger partial charge in [0.05, 0.1) is 12.3 Å². The third-order valence-corrected chi connectivity index (χ3v) is 6.17. The van der Waals surface area contributed by atoms with E-state index < -0.39 is 0 Å². The van der Waals surface area contributed by atoms with Crippen molar-refractivity contribution in [2.45, 2.75) is 32.2 Å². The van der Waals surface area contributed by atoms with Crippen molar-refractivity contribution in [2.24, 2.45) is 5.92 Å². The molecule has 1 unspecified atom stereocenters. The van der Waals surface area contributed by atoms with Gasteiger partial charge in [-0.05, 0) is 45.1 Å². The molecular formula is C19H25N3O3S. The number of nitrogens with zero attached hydrogens (tertiary/aromatic N) is 3. The number of carbonyl (C=O) groups excluding carboxylic acids is 3. The average molecular weight is 375 g/mol. The highest BCUT2D eigenvalue weighted by Crippen LogP contribution is 2.23. The van der Waals surface area contributed by atoms with Gasteiger partial charge in [0, 0.05) is 24.3 Å². The molecule has 0 spiro atoms. The van der Waals surface area contributed by atoms with Crippen molar-refractivity contribution < 1.29 is 14.4 Å². The van der Waals surface area contributed by atoms with Crippen LogP contribution in [-0.2, 0) is 16.0 Å². The third kappa shape index (κ3) is 4.32. The van der Waals surface area contributed by atoms with E-state index in [9.17, 15) is 14.4 Å². The number of carbonyl (C=O) groups is 3. The van der Waals surface area contributed by atoms with E-state index in [4.69, 9.17) is 0 Å². The molecule has 0 bridgehead atoms. The molecule has 1 aromatic heterocycles. The van der Waals surface area contributed by atoms with E-state index in [1.807, 2.05) is 0 Å². The summed E-state index contributed by atoms with van der Waals surface area (Å²) >= 11 is 1.59. The first-order valence-electron chi connectivity index (χ1n) is 9.02. The summed E-state index contributed by atoms with van der Waals surface area (Å²) in [6, 6.07) is 4.93. The fraction of sp³-hybridized carbons (Fsp3) is 0.579. The van der Waals surface area contributed by atoms with Gasteiger partial charge < -0.3 is 9.80 Å². The third-order valence-electron chi connectivity index (χ3n) is 5.16. The predicted octanol–water partition coefficient (Wildman–Crippen LogP) is 1.64. The molecule has 0 aromatic carbocycles. The van der Waals surface area contributed by atoms with Gasteiger partial charge in [-0.15, -0.1) is 11.8 Å². The lowest BCUT2D eigenvalue weighted by Crippen LogP contribution is -2.41. The van der Waals surface area contributed by atoms with Crippen molar-refractivity contribution in [3.05, 3.63) is 29.6 Å². The minimum Gasteiger partial charge on any atom is -0.323 e. The molecule has 6 nitrogen and oxygen atoms in total. The van der Waals surface area contributed by atoms with Crippen LogP contribution in [0.25, 0.3) is 0 Å². The fourth-order valence-corrected chi connectivity index (χ4v) is 4.76. The van der Waals surface area contributed by atoms with Crippen LogP contribution in [0.3, 0.4) is 0 Å². The number of rotatable bonds is 5. The molecule has 0 saturated carbocycles. The molecular weight excluding hydrogens is 350 g/mol. The van der Waals surface area contributed by atoms with E-state index in [2.05, 4.69) is 16.9 Å². The molecule has 2 aliphatic heterocycles. The zero-order valence-electron chi connectivity index (χ0n) is 15.3. The van der Waals surface area contributed by atoms with Gasteiger partial charge in [0.2, 0.25) is 5.91 Å². The Morgan fingerprint density at radius 2 is 1.96 bits per heavy atom. The molecule has 26 heavy (non-hydrogen) atoms. The highest BCUT2D eigenvalue weighted by atomic mass is 32.2. The Labute approximate surface area is 158 Å². The zero-order valence-corrected chi connectivity index (χ0v) is 16.1. The van der Waals surface area contributed by atoms with E-state index in [0.717, 1.165) is 25.9 Å². The topological polar surface area (TPSA) is 70.6 Å². The maximum atomic E-state index is 12.7. The van der Waals surface area contributed by atoms with Gasteiger partial charge in [-0.25, -0.2) is 4.98 Å². The molecule has 3 rings (SSSR count). The molecule has 0 N–H and O–H groups in total. The van der Waals surface area contributed by atoms with Crippen molar-refractivity contribution in [2.75, 3.05) is 31.8 Å². The van der Waals surface area contributed by atoms with Crippen molar-refractivity contribution in [3.63, 3.8) is 0 Å². The second-order valence-electron chi connectivity index (χ2n) is 7.10. The Morgan fingerprint density at radius 1 is 1.23 bits per heavy atom. The highest BCUT2D eigenvalue weighted by molar-refractivity contribution is 7.99. The number of likely N-dealkylation sites (tertiary alicyclic amines) is 1. The largest absolute Gasteiger partial charge is 0.323 e. The molecule has 3 heterocycles. The Morgan fingerprint density at radius 3 is 2.65 bits per heavy atom. The molecule has 7 heteroatoms. The van der Waals surface area contributed by atoms with E-state index in [1.54, 1.807) is 34.9 Å². The summed E-state index contributed by atoms with van der Waals surface area (Å²) < 4.78 is 0. The first kappa shape index (κ1) is 19.0. The van der Waals surface area contributed by atoms with Gasteiger partial charge in [0.15, 0.2) is 11.6 Å². The molecule has 2 saturated heterocycles.